The van der Waals surface area contributed by atoms with Crippen LogP contribution < -0.4 is 31.9 Å². The second kappa shape index (κ2) is 58.3. The number of phosphoric ester groups is 5. The fourth-order valence-electron chi connectivity index (χ4n) is 13.8. The summed E-state index contributed by atoms with van der Waals surface area (Å²) in [6.07, 6.45) is -20.1. The number of amides is 6. The molecule has 752 valence electrons. The van der Waals surface area contributed by atoms with Crippen LogP contribution in [0.25, 0.3) is 0 Å². The van der Waals surface area contributed by atoms with Gasteiger partial charge in [0, 0.05) is 85.4 Å². The van der Waals surface area contributed by atoms with Gasteiger partial charge in [0.05, 0.1) is 84.8 Å². The molecule has 6 saturated heterocycles. The van der Waals surface area contributed by atoms with E-state index in [1.54, 1.807) is 13.8 Å². The molecular formula is C71H131N6O47P5. The van der Waals surface area contributed by atoms with E-state index in [9.17, 15) is 122 Å². The van der Waals surface area contributed by atoms with Crippen LogP contribution >= 0.6 is 39.1 Å². The molecule has 29 atom stereocenters. The lowest BCUT2D eigenvalue weighted by Gasteiger charge is -2.43. The number of carbonyl (C=O) groups is 6. The zero-order valence-electron chi connectivity index (χ0n) is 72.3. The fraction of sp³-hybridized carbons (Fsp3) is 0.915. The molecule has 8 unspecified atom stereocenters. The first-order chi connectivity index (χ1) is 61.1. The summed E-state index contributed by atoms with van der Waals surface area (Å²) in [6.45, 7) is -1.81. The number of aliphatic hydroxyl groups is 9. The molecule has 6 heterocycles. The maximum Gasteiger partial charge on any atom is 0.472 e. The number of nitrogens with one attached hydrogen (secondary N) is 6. The van der Waals surface area contributed by atoms with E-state index in [0.29, 0.717) is 83.5 Å². The van der Waals surface area contributed by atoms with Gasteiger partial charge in [0.2, 0.25) is 35.4 Å². The quantitative estimate of drug-likeness (QED) is 0.0210. The van der Waals surface area contributed by atoms with Crippen molar-refractivity contribution >= 4 is 74.6 Å². The van der Waals surface area contributed by atoms with Crippen LogP contribution in [0.2, 0.25) is 0 Å². The highest BCUT2D eigenvalue weighted by atomic mass is 31.2. The Bertz CT molecular complexity index is 3590. The number of aliphatic hydroxyl groups excluding tert-OH is 9. The summed E-state index contributed by atoms with van der Waals surface area (Å²) in [5, 5.41) is 106. The van der Waals surface area contributed by atoms with E-state index in [2.05, 4.69) is 31.9 Å². The van der Waals surface area contributed by atoms with Crippen LogP contribution in [0.5, 0.6) is 0 Å². The highest BCUT2D eigenvalue weighted by molar-refractivity contribution is 7.48. The second-order valence-corrected chi connectivity index (χ2v) is 37.9. The lowest BCUT2D eigenvalue weighted by molar-refractivity contribution is -0.268. The van der Waals surface area contributed by atoms with Gasteiger partial charge in [-0.15, -0.1) is 0 Å². The third-order valence-corrected chi connectivity index (χ3v) is 25.4. The van der Waals surface area contributed by atoms with Gasteiger partial charge < -0.3 is 159 Å². The van der Waals surface area contributed by atoms with Crippen molar-refractivity contribution in [3.8, 4) is 0 Å². The first-order valence-corrected chi connectivity index (χ1v) is 49.9. The Kier molecular flexibility index (Phi) is 51.6. The van der Waals surface area contributed by atoms with Crippen molar-refractivity contribution < 1.29 is 224 Å². The molecule has 6 rings (SSSR count). The minimum atomic E-state index is -5.26. The number of hydrogen-bond donors (Lipinski definition) is 20. The number of carbonyl (C=O) groups excluding carboxylic acids is 6. The maximum atomic E-state index is 13.5. The van der Waals surface area contributed by atoms with Crippen LogP contribution in [-0.2, 0) is 154 Å². The summed E-state index contributed by atoms with van der Waals surface area (Å²) in [5.41, 5.74) is 0. The molecule has 20 N–H and O–H groups in total. The zero-order valence-corrected chi connectivity index (χ0v) is 76.8. The summed E-state index contributed by atoms with van der Waals surface area (Å²) in [6, 6.07) is -3.29. The Morgan fingerprint density at radius 1 is 0.333 bits per heavy atom. The number of ether oxygens (including phenoxy) is 12. The van der Waals surface area contributed by atoms with Gasteiger partial charge in [-0.25, -0.2) is 22.8 Å². The molecule has 58 heteroatoms. The molecule has 0 spiro atoms. The Morgan fingerprint density at radius 2 is 0.620 bits per heavy atom. The van der Waals surface area contributed by atoms with Gasteiger partial charge in [-0.1, -0.05) is 52.4 Å². The molecule has 6 fully saturated rings. The molecule has 0 bridgehead atoms. The van der Waals surface area contributed by atoms with E-state index in [-0.39, 0.29) is 65.3 Å². The van der Waals surface area contributed by atoms with Gasteiger partial charge in [-0.3, -0.25) is 74.0 Å². The van der Waals surface area contributed by atoms with Crippen LogP contribution in [-0.4, -0.2) is 379 Å². The fourth-order valence-corrected chi connectivity index (χ4v) is 18.1. The van der Waals surface area contributed by atoms with Crippen LogP contribution in [0.1, 0.15) is 137 Å². The average molecular weight is 1980 g/mol. The van der Waals surface area contributed by atoms with E-state index < -0.39 is 308 Å². The summed E-state index contributed by atoms with van der Waals surface area (Å²) < 4.78 is 185. The molecule has 53 nitrogen and oxygen atoms in total. The number of hydrogen-bond acceptors (Lipinski definition) is 42. The molecule has 0 aromatic rings. The van der Waals surface area contributed by atoms with Crippen molar-refractivity contribution in [2.75, 3.05) is 132 Å². The Balaban J connectivity index is 0.924. The highest BCUT2D eigenvalue weighted by Crippen LogP contribution is 2.53. The first kappa shape index (κ1) is 114. The highest BCUT2D eigenvalue weighted by Gasteiger charge is 2.51. The average Bonchev–Trinajstić information content (AvgIpc) is 1.77. The predicted molar refractivity (Wildman–Crippen MR) is 432 cm³/mol. The molecule has 0 radical (unpaired) electrons. The smallest absolute Gasteiger partial charge is 0.394 e. The van der Waals surface area contributed by atoms with Gasteiger partial charge in [0.25, 0.3) is 0 Å². The van der Waals surface area contributed by atoms with Crippen LogP contribution in [0, 0.1) is 5.92 Å². The number of rotatable bonds is 65. The molecule has 0 aliphatic carbocycles. The summed E-state index contributed by atoms with van der Waals surface area (Å²) in [5.74, 6) is -3.78. The molecule has 6 aliphatic heterocycles. The number of phosphoric acid groups is 5. The van der Waals surface area contributed by atoms with Crippen molar-refractivity contribution in [3.05, 3.63) is 0 Å². The SMILES string of the molecule is CCCOP(=O)(O)O[C@@H]1C[C@H](OCCCCCCNC(=O)CO[C@@H]2O[C@H](CO)[C@H](O)[C@H](C)[C@H]2NC(C)=O)OC1COP(=O)(O)OCCOP(=O)(O)OC1C[C@H](OCCCCCCNC(=O)CO[C@@H]2O[C@H](CO)[C@H](O)[C@H](O)[C@H]2NC(C)=O)O[C@@H]1COP(=O)(O)OCCOP(=O)(O)OC1C[C@H](OCCCCCCNC(=O)CO[C@@H]2O[C@H](CO)[C@H](O)[C@H](O)[C@H]2NC(C)=O)O[C@@H]1CO. The van der Waals surface area contributed by atoms with E-state index in [1.807, 2.05) is 0 Å². The van der Waals surface area contributed by atoms with Gasteiger partial charge in [0.15, 0.2) is 37.7 Å². The van der Waals surface area contributed by atoms with E-state index in [0.717, 1.165) is 6.92 Å². The van der Waals surface area contributed by atoms with Gasteiger partial charge in [0.1, 0.15) is 111 Å². The lowest BCUT2D eigenvalue weighted by Crippen LogP contribution is -2.64. The molecule has 6 aliphatic rings. The van der Waals surface area contributed by atoms with Gasteiger partial charge in [-0.2, -0.15) is 0 Å². The molecular weight excluding hydrogens is 1840 g/mol. The van der Waals surface area contributed by atoms with Crippen molar-refractivity contribution in [3.63, 3.8) is 0 Å². The summed E-state index contributed by atoms with van der Waals surface area (Å²) >= 11 is 0. The minimum absolute atomic E-state index is 0.00716. The lowest BCUT2D eigenvalue weighted by atomic mass is 9.89. The largest absolute Gasteiger partial charge is 0.472 e. The molecule has 129 heavy (non-hydrogen) atoms. The summed E-state index contributed by atoms with van der Waals surface area (Å²) in [7, 11) is -25.3. The molecule has 6 amide bonds. The third-order valence-electron chi connectivity index (χ3n) is 20.3. The second-order valence-electron chi connectivity index (χ2n) is 30.7. The van der Waals surface area contributed by atoms with E-state index >= 15 is 0 Å². The normalized spacial score (nSPS) is 31.9. The topological polar surface area (TPSA) is 746 Å². The Morgan fingerprint density at radius 3 is 0.946 bits per heavy atom. The van der Waals surface area contributed by atoms with E-state index in [1.165, 1.54) is 13.8 Å². The van der Waals surface area contributed by atoms with Crippen LogP contribution in [0.15, 0.2) is 0 Å². The standard InChI is InChI=1S/C71H131N6O47P5/c1-6-22-109-127(97,98)123-47-31-59(104-24-17-11-8-13-19-72-55(85)39-106-69-61(75-43(3)82)42(2)64(88)50(34-79)119-69)117-53(47)37-114-126(95,96)111-27-29-113-129(101,102)124-48-32-60(105-25-18-12-9-15-21-74-57(87)41-108-71-63(77-45(5)84)68(92)66(90)52(36-81)121-71)118-54(48)38-115-125(93,94)110-26-28-112-128(99,100)122-46-30-58(116-49(46)33-78)103-23-16-10-7-14-20-73-56(86)40-107-70-62(76-44(4)83)67(91)65(89)51(35-80)120-70/h42,46-54,58-71,78-81,88-92H,6-41H2,1-5H3,(H,72,85)(H,73,86)(H,74,87)(H,75,82)(H,76,83)(H,77,84)(H,93,94)(H,95,96)(H,97,98)(H,99,100)(H,101,102)/t42-,46?,47-,48?,49-,50-,51-,52-,53?,54-,58-,59-,60-,61-,62-,63-,64-,65+,66+,67-,68-,69-,70-,71-/m1/s1. The minimum Gasteiger partial charge on any atom is -0.394 e. The van der Waals surface area contributed by atoms with Crippen molar-refractivity contribution in [2.45, 2.75) is 279 Å². The Hall–Kier alpha value is -3.47. The first-order valence-electron chi connectivity index (χ1n) is 42.4. The molecule has 0 saturated carbocycles. The van der Waals surface area contributed by atoms with Crippen molar-refractivity contribution in [1.82, 2.24) is 31.9 Å². The van der Waals surface area contributed by atoms with Gasteiger partial charge >= 0.3 is 39.1 Å². The van der Waals surface area contributed by atoms with Crippen molar-refractivity contribution in [1.29, 1.82) is 0 Å². The maximum absolute atomic E-state index is 13.5. The van der Waals surface area contributed by atoms with Crippen molar-refractivity contribution in [2.24, 2.45) is 5.92 Å². The summed E-state index contributed by atoms with van der Waals surface area (Å²) in [4.78, 5) is 126. The molecule has 0 aromatic carbocycles. The monoisotopic (exact) mass is 1970 g/mol. The van der Waals surface area contributed by atoms with E-state index in [4.69, 9.17) is 102 Å². The molecule has 0 aromatic heterocycles. The van der Waals surface area contributed by atoms with Gasteiger partial charge in [-0.05, 0) is 44.9 Å². The Labute approximate surface area is 744 Å². The van der Waals surface area contributed by atoms with Crippen LogP contribution in [0.4, 0.5) is 0 Å². The van der Waals surface area contributed by atoms with Crippen LogP contribution in [0.3, 0.4) is 0 Å². The zero-order chi connectivity index (χ0) is 95.1. The number of unbranched alkanes of at least 4 members (excludes halogenated alkanes) is 9. The third kappa shape index (κ3) is 42.2. The predicted octanol–water partition coefficient (Wildman–Crippen LogP) is -3.26.